The van der Waals surface area contributed by atoms with E-state index in [9.17, 15) is 5.11 Å². The zero-order valence-electron chi connectivity index (χ0n) is 15.1. The van der Waals surface area contributed by atoms with Crippen LogP contribution in [0.15, 0.2) is 24.0 Å². The molecule has 1 aliphatic carbocycles. The summed E-state index contributed by atoms with van der Waals surface area (Å²) >= 11 is 3.30. The predicted octanol–water partition coefficient (Wildman–Crippen LogP) is 3.59. The molecular formula is C19H18N6OS2. The number of thiophene rings is 1. The Kier molecular flexibility index (Phi) is 4.71. The number of nitrogens with one attached hydrogen (secondary N) is 1. The van der Waals surface area contributed by atoms with E-state index in [-0.39, 0.29) is 6.61 Å². The molecule has 7 nitrogen and oxygen atoms in total. The maximum absolute atomic E-state index is 9.24. The molecule has 0 aliphatic heterocycles. The highest BCUT2D eigenvalue weighted by molar-refractivity contribution is 7.19. The molecule has 0 saturated carbocycles. The third kappa shape index (κ3) is 3.25. The van der Waals surface area contributed by atoms with Crippen molar-refractivity contribution in [1.82, 2.24) is 24.9 Å². The quantitative estimate of drug-likeness (QED) is 0.519. The molecule has 1 aliphatic rings. The SMILES string of the molecule is OCc1csc(CNc2nc(-c3cnccn3)nc3sc4c(c23)CCCC4)n1. The van der Waals surface area contributed by atoms with E-state index >= 15 is 0 Å². The van der Waals surface area contributed by atoms with Crippen molar-refractivity contribution in [2.45, 2.75) is 38.8 Å². The van der Waals surface area contributed by atoms with E-state index in [1.54, 1.807) is 29.9 Å². The summed E-state index contributed by atoms with van der Waals surface area (Å²) in [5, 5.41) is 16.6. The molecule has 0 amide bonds. The number of fused-ring (bicyclic) bond motifs is 3. The van der Waals surface area contributed by atoms with E-state index in [2.05, 4.69) is 20.3 Å². The van der Waals surface area contributed by atoms with Crippen LogP contribution < -0.4 is 5.32 Å². The van der Waals surface area contributed by atoms with Gasteiger partial charge in [0.2, 0.25) is 0 Å². The van der Waals surface area contributed by atoms with Crippen LogP contribution in [0.25, 0.3) is 21.7 Å². The van der Waals surface area contributed by atoms with Gasteiger partial charge in [0.15, 0.2) is 5.82 Å². The lowest BCUT2D eigenvalue weighted by Crippen LogP contribution is -2.06. The van der Waals surface area contributed by atoms with Gasteiger partial charge in [-0.2, -0.15) is 0 Å². The lowest BCUT2D eigenvalue weighted by Gasteiger charge is -2.13. The highest BCUT2D eigenvalue weighted by atomic mass is 32.1. The third-order valence-electron chi connectivity index (χ3n) is 4.78. The van der Waals surface area contributed by atoms with E-state index < -0.39 is 0 Å². The highest BCUT2D eigenvalue weighted by Crippen LogP contribution is 2.39. The van der Waals surface area contributed by atoms with Gasteiger partial charge in [-0.1, -0.05) is 0 Å². The summed E-state index contributed by atoms with van der Waals surface area (Å²) in [6.45, 7) is 0.518. The highest BCUT2D eigenvalue weighted by Gasteiger charge is 2.22. The van der Waals surface area contributed by atoms with Gasteiger partial charge in [-0.25, -0.2) is 19.9 Å². The van der Waals surface area contributed by atoms with Gasteiger partial charge in [0, 0.05) is 22.7 Å². The molecule has 0 fully saturated rings. The summed E-state index contributed by atoms with van der Waals surface area (Å²) in [7, 11) is 0. The van der Waals surface area contributed by atoms with Crippen LogP contribution in [-0.4, -0.2) is 30.0 Å². The Morgan fingerprint density at radius 1 is 1.11 bits per heavy atom. The number of aromatic nitrogens is 5. The maximum atomic E-state index is 9.24. The molecule has 4 aromatic rings. The minimum atomic E-state index is -0.0386. The van der Waals surface area contributed by atoms with E-state index in [4.69, 9.17) is 9.97 Å². The van der Waals surface area contributed by atoms with Crippen molar-refractivity contribution < 1.29 is 5.11 Å². The molecule has 0 unspecified atom stereocenters. The van der Waals surface area contributed by atoms with Gasteiger partial charge in [-0.3, -0.25) is 4.98 Å². The van der Waals surface area contributed by atoms with Crippen LogP contribution >= 0.6 is 22.7 Å². The first-order valence-corrected chi connectivity index (χ1v) is 10.9. The van der Waals surface area contributed by atoms with Crippen molar-refractivity contribution in [2.75, 3.05) is 5.32 Å². The Morgan fingerprint density at radius 3 is 2.86 bits per heavy atom. The second-order valence-corrected chi connectivity index (χ2v) is 8.65. The first-order valence-electron chi connectivity index (χ1n) is 9.18. The fraction of sp³-hybridized carbons (Fsp3) is 0.316. The van der Waals surface area contributed by atoms with E-state index in [0.29, 0.717) is 23.8 Å². The van der Waals surface area contributed by atoms with E-state index in [0.717, 1.165) is 33.9 Å². The first-order chi connectivity index (χ1) is 13.8. The van der Waals surface area contributed by atoms with Crippen LogP contribution in [-0.2, 0) is 26.0 Å². The fourth-order valence-corrected chi connectivity index (χ4v) is 5.46. The zero-order chi connectivity index (χ0) is 18.9. The van der Waals surface area contributed by atoms with Crippen LogP contribution in [0.4, 0.5) is 5.82 Å². The van der Waals surface area contributed by atoms with Crippen molar-refractivity contribution in [3.63, 3.8) is 0 Å². The van der Waals surface area contributed by atoms with E-state index in [1.807, 2.05) is 5.38 Å². The molecule has 2 N–H and O–H groups in total. The Morgan fingerprint density at radius 2 is 2.04 bits per heavy atom. The van der Waals surface area contributed by atoms with Gasteiger partial charge in [0.1, 0.15) is 21.3 Å². The normalized spacial score (nSPS) is 13.6. The van der Waals surface area contributed by atoms with Crippen LogP contribution in [0, 0.1) is 0 Å². The Balaban J connectivity index is 1.58. The van der Waals surface area contributed by atoms with Gasteiger partial charge in [0.25, 0.3) is 0 Å². The summed E-state index contributed by atoms with van der Waals surface area (Å²) in [6.07, 6.45) is 9.61. The molecule has 0 radical (unpaired) electrons. The number of aryl methyl sites for hydroxylation is 2. The van der Waals surface area contributed by atoms with Crippen molar-refractivity contribution in [1.29, 1.82) is 0 Å². The molecule has 0 atom stereocenters. The van der Waals surface area contributed by atoms with Crippen molar-refractivity contribution in [3.05, 3.63) is 45.1 Å². The van der Waals surface area contributed by atoms with Crippen LogP contribution in [0.5, 0.6) is 0 Å². The number of aliphatic hydroxyl groups excluding tert-OH is 1. The lowest BCUT2D eigenvalue weighted by molar-refractivity contribution is 0.277. The Labute approximate surface area is 169 Å². The first kappa shape index (κ1) is 17.6. The largest absolute Gasteiger partial charge is 0.390 e. The number of hydrogen-bond acceptors (Lipinski definition) is 9. The summed E-state index contributed by atoms with van der Waals surface area (Å²) in [5.74, 6) is 1.41. The molecule has 4 aromatic heterocycles. The minimum Gasteiger partial charge on any atom is -0.390 e. The second-order valence-electron chi connectivity index (χ2n) is 6.62. The molecule has 0 aromatic carbocycles. The predicted molar refractivity (Wildman–Crippen MR) is 110 cm³/mol. The monoisotopic (exact) mass is 410 g/mol. The van der Waals surface area contributed by atoms with Crippen LogP contribution in [0.1, 0.15) is 34.0 Å². The summed E-state index contributed by atoms with van der Waals surface area (Å²) in [5.41, 5.74) is 2.74. The second kappa shape index (κ2) is 7.50. The molecule has 9 heteroatoms. The van der Waals surface area contributed by atoms with Crippen molar-refractivity contribution in [2.24, 2.45) is 0 Å². The van der Waals surface area contributed by atoms with Crippen LogP contribution in [0.3, 0.4) is 0 Å². The number of aliphatic hydroxyl groups is 1. The molecule has 28 heavy (non-hydrogen) atoms. The average Bonchev–Trinajstić information content (AvgIpc) is 3.36. The Hall–Kier alpha value is -2.49. The number of thiazole rings is 1. The molecule has 142 valence electrons. The molecule has 0 bridgehead atoms. The van der Waals surface area contributed by atoms with Gasteiger partial charge in [-0.05, 0) is 31.2 Å². The maximum Gasteiger partial charge on any atom is 0.183 e. The average molecular weight is 411 g/mol. The van der Waals surface area contributed by atoms with Gasteiger partial charge >= 0.3 is 0 Å². The number of anilines is 1. The summed E-state index contributed by atoms with van der Waals surface area (Å²) in [6, 6.07) is 0. The van der Waals surface area contributed by atoms with Crippen LogP contribution in [0.2, 0.25) is 0 Å². The van der Waals surface area contributed by atoms with Gasteiger partial charge in [0.05, 0.1) is 30.4 Å². The molecule has 0 spiro atoms. The lowest BCUT2D eigenvalue weighted by atomic mass is 9.97. The molecule has 5 rings (SSSR count). The summed E-state index contributed by atoms with van der Waals surface area (Å²) < 4.78 is 0. The molecule has 0 saturated heterocycles. The third-order valence-corrected chi connectivity index (χ3v) is 6.86. The zero-order valence-corrected chi connectivity index (χ0v) is 16.7. The van der Waals surface area contributed by atoms with E-state index in [1.165, 1.54) is 34.6 Å². The smallest absolute Gasteiger partial charge is 0.183 e. The summed E-state index contributed by atoms with van der Waals surface area (Å²) in [4.78, 5) is 25.0. The molecule has 4 heterocycles. The number of rotatable bonds is 5. The standard InChI is InChI=1S/C19H18N6OS2/c26-9-11-10-27-15(23-11)8-22-18-16-12-3-1-2-4-14(12)28-19(16)25-17(24-18)13-7-20-5-6-21-13/h5-7,10,26H,1-4,8-9H2,(H,22,24,25). The molecular weight excluding hydrogens is 392 g/mol. The number of hydrogen-bond donors (Lipinski definition) is 2. The van der Waals surface area contributed by atoms with Gasteiger partial charge in [-0.15, -0.1) is 22.7 Å². The fourth-order valence-electron chi connectivity index (χ4n) is 3.48. The Bertz CT molecular complexity index is 1120. The van der Waals surface area contributed by atoms with Crippen molar-refractivity contribution in [3.8, 4) is 11.5 Å². The van der Waals surface area contributed by atoms with Crippen molar-refractivity contribution >= 4 is 38.7 Å². The number of nitrogens with zero attached hydrogens (tertiary/aromatic N) is 5. The minimum absolute atomic E-state index is 0.0386. The van der Waals surface area contributed by atoms with Gasteiger partial charge < -0.3 is 10.4 Å². The topological polar surface area (TPSA) is 96.7 Å².